The minimum atomic E-state index is 0.0919. The third-order valence-electron chi connectivity index (χ3n) is 8.92. The van der Waals surface area contributed by atoms with Gasteiger partial charge in [-0.3, -0.25) is 0 Å². The number of anilines is 1. The number of likely N-dealkylation sites (N-methyl/N-ethyl adjacent to an activating group) is 1. The Labute approximate surface area is 218 Å². The molecule has 1 spiro atoms. The van der Waals surface area contributed by atoms with E-state index >= 15 is 0 Å². The second-order valence-electron chi connectivity index (χ2n) is 11.0. The smallest absolute Gasteiger partial charge is 0.318 e. The molecule has 1 aromatic heterocycles. The van der Waals surface area contributed by atoms with Gasteiger partial charge in [-0.05, 0) is 75.7 Å². The standard InChI is InChI=1S/C28H35ClN6O/c1-34-14-3-4-20(34)18-36-27-32-25-16-28(10-7-21-23(28)5-2-6-24(21)29)11-8-22(25)26(33-27)35-15-13-31-19(17-35)9-12-30/h2,5-6,19-20,31H,3-4,7-11,13-18H2,1H3/t19-,20-,28?/m0/s1. The molecule has 1 unspecified atom stereocenters. The largest absolute Gasteiger partial charge is 0.462 e. The van der Waals surface area contributed by atoms with Crippen LogP contribution in [0.25, 0.3) is 0 Å². The van der Waals surface area contributed by atoms with Gasteiger partial charge in [-0.25, -0.2) is 0 Å². The maximum atomic E-state index is 9.26. The van der Waals surface area contributed by atoms with Gasteiger partial charge >= 0.3 is 6.01 Å². The number of nitrogens with zero attached hydrogens (tertiary/aromatic N) is 5. The summed E-state index contributed by atoms with van der Waals surface area (Å²) in [4.78, 5) is 14.8. The van der Waals surface area contributed by atoms with Crippen LogP contribution in [-0.4, -0.2) is 66.8 Å². The number of hydrogen-bond donors (Lipinski definition) is 1. The number of ether oxygens (including phenoxy) is 1. The van der Waals surface area contributed by atoms with Gasteiger partial charge in [0.2, 0.25) is 0 Å². The Bertz CT molecular complexity index is 1180. The van der Waals surface area contributed by atoms with Crippen molar-refractivity contribution in [1.82, 2.24) is 20.2 Å². The first-order valence-electron chi connectivity index (χ1n) is 13.4. The van der Waals surface area contributed by atoms with Gasteiger partial charge in [0.15, 0.2) is 0 Å². The Morgan fingerprint density at radius 1 is 1.22 bits per heavy atom. The Morgan fingerprint density at radius 3 is 2.89 bits per heavy atom. The van der Waals surface area contributed by atoms with Gasteiger partial charge < -0.3 is 19.9 Å². The lowest BCUT2D eigenvalue weighted by molar-refractivity contribution is 0.186. The molecule has 1 aromatic carbocycles. The van der Waals surface area contributed by atoms with E-state index in [1.54, 1.807) is 0 Å². The number of aromatic nitrogens is 2. The van der Waals surface area contributed by atoms with Gasteiger partial charge in [-0.1, -0.05) is 23.7 Å². The summed E-state index contributed by atoms with van der Waals surface area (Å²) in [5.41, 5.74) is 5.21. The van der Waals surface area contributed by atoms with E-state index in [0.29, 0.717) is 25.1 Å². The van der Waals surface area contributed by atoms with Crippen molar-refractivity contribution in [2.45, 2.75) is 68.9 Å². The van der Waals surface area contributed by atoms with Crippen LogP contribution in [0.1, 0.15) is 54.5 Å². The summed E-state index contributed by atoms with van der Waals surface area (Å²) in [5.74, 6) is 1.01. The van der Waals surface area contributed by atoms with Crippen molar-refractivity contribution in [2.75, 3.05) is 44.7 Å². The Hall–Kier alpha value is -2.40. The molecule has 0 amide bonds. The van der Waals surface area contributed by atoms with E-state index in [9.17, 15) is 5.26 Å². The van der Waals surface area contributed by atoms with Crippen LogP contribution in [0.4, 0.5) is 5.82 Å². The normalized spacial score (nSPS) is 27.6. The number of nitrogens with one attached hydrogen (secondary N) is 1. The van der Waals surface area contributed by atoms with Crippen LogP contribution in [0.15, 0.2) is 18.2 Å². The molecule has 2 aliphatic heterocycles. The molecule has 0 bridgehead atoms. The number of likely N-dealkylation sites (tertiary alicyclic amines) is 1. The van der Waals surface area contributed by atoms with Gasteiger partial charge in [0.25, 0.3) is 0 Å². The minimum absolute atomic E-state index is 0.0919. The zero-order chi connectivity index (χ0) is 24.7. The summed E-state index contributed by atoms with van der Waals surface area (Å²) in [5, 5.41) is 13.6. The molecule has 3 heterocycles. The fourth-order valence-corrected chi connectivity index (χ4v) is 7.14. The first-order valence-corrected chi connectivity index (χ1v) is 13.8. The van der Waals surface area contributed by atoms with Crippen LogP contribution in [0, 0.1) is 11.3 Å². The van der Waals surface area contributed by atoms with Crippen LogP contribution >= 0.6 is 11.6 Å². The molecule has 1 N–H and O–H groups in total. The number of benzene rings is 1. The van der Waals surface area contributed by atoms with Gasteiger partial charge in [-0.2, -0.15) is 15.2 Å². The predicted molar refractivity (Wildman–Crippen MR) is 141 cm³/mol. The van der Waals surface area contributed by atoms with Crippen molar-refractivity contribution in [1.29, 1.82) is 5.26 Å². The van der Waals surface area contributed by atoms with Crippen molar-refractivity contribution in [3.05, 3.63) is 45.6 Å². The summed E-state index contributed by atoms with van der Waals surface area (Å²) in [6.07, 6.45) is 7.97. The van der Waals surface area contributed by atoms with Gasteiger partial charge in [0.05, 0.1) is 18.2 Å². The Kier molecular flexibility index (Phi) is 6.53. The van der Waals surface area contributed by atoms with E-state index in [4.69, 9.17) is 26.3 Å². The third-order valence-corrected chi connectivity index (χ3v) is 9.28. The van der Waals surface area contributed by atoms with Gasteiger partial charge in [0, 0.05) is 47.7 Å². The van der Waals surface area contributed by atoms with E-state index in [1.807, 2.05) is 6.07 Å². The molecule has 0 saturated carbocycles. The number of rotatable bonds is 5. The van der Waals surface area contributed by atoms with E-state index in [0.717, 1.165) is 81.2 Å². The Balaban J connectivity index is 1.34. The molecule has 8 heteroatoms. The van der Waals surface area contributed by atoms with Crippen molar-refractivity contribution >= 4 is 17.4 Å². The first kappa shape index (κ1) is 24.0. The van der Waals surface area contributed by atoms with E-state index in [-0.39, 0.29) is 11.5 Å². The molecule has 0 radical (unpaired) electrons. The zero-order valence-electron chi connectivity index (χ0n) is 21.1. The van der Waals surface area contributed by atoms with Crippen molar-refractivity contribution < 1.29 is 4.74 Å². The number of piperazine rings is 1. The lowest BCUT2D eigenvalue weighted by Crippen LogP contribution is -2.51. The molecule has 190 valence electrons. The number of fused-ring (bicyclic) bond motifs is 3. The minimum Gasteiger partial charge on any atom is -0.462 e. The zero-order valence-corrected chi connectivity index (χ0v) is 21.9. The number of hydrogen-bond acceptors (Lipinski definition) is 7. The van der Waals surface area contributed by atoms with Crippen molar-refractivity contribution in [2.24, 2.45) is 0 Å². The molecule has 3 atom stereocenters. The highest BCUT2D eigenvalue weighted by molar-refractivity contribution is 6.31. The fourth-order valence-electron chi connectivity index (χ4n) is 6.87. The summed E-state index contributed by atoms with van der Waals surface area (Å²) in [6.45, 7) is 4.25. The molecule has 2 fully saturated rings. The summed E-state index contributed by atoms with van der Waals surface area (Å²) < 4.78 is 6.29. The predicted octanol–water partition coefficient (Wildman–Crippen LogP) is 3.67. The van der Waals surface area contributed by atoms with Crippen LogP contribution in [0.5, 0.6) is 6.01 Å². The molecule has 2 aromatic rings. The molecule has 4 aliphatic rings. The summed E-state index contributed by atoms with van der Waals surface area (Å²) in [7, 11) is 2.17. The molecule has 2 aliphatic carbocycles. The lowest BCUT2D eigenvalue weighted by Gasteiger charge is -2.39. The quantitative estimate of drug-likeness (QED) is 0.663. The number of halogens is 1. The summed E-state index contributed by atoms with van der Waals surface area (Å²) in [6, 6.07) is 9.79. The van der Waals surface area contributed by atoms with Crippen molar-refractivity contribution in [3.63, 3.8) is 0 Å². The monoisotopic (exact) mass is 506 g/mol. The van der Waals surface area contributed by atoms with Crippen LogP contribution in [0.2, 0.25) is 5.02 Å². The highest BCUT2D eigenvalue weighted by Gasteiger charge is 2.43. The molecule has 6 rings (SSSR count). The maximum absolute atomic E-state index is 9.26. The van der Waals surface area contributed by atoms with Crippen LogP contribution < -0.4 is 15.0 Å². The van der Waals surface area contributed by atoms with E-state index in [2.05, 4.69) is 40.4 Å². The first-order chi connectivity index (χ1) is 17.6. The average molecular weight is 507 g/mol. The molecular formula is C28H35ClN6O. The molecule has 7 nitrogen and oxygen atoms in total. The second-order valence-corrected chi connectivity index (χ2v) is 11.4. The van der Waals surface area contributed by atoms with Crippen LogP contribution in [0.3, 0.4) is 0 Å². The third kappa shape index (κ3) is 4.34. The SMILES string of the molecule is CN1CCC[C@H]1COc1nc2c(c(N3CCN[C@@H](CC#N)C3)n1)CCC1(CCc3c(Cl)cccc31)C2. The van der Waals surface area contributed by atoms with Gasteiger partial charge in [0.1, 0.15) is 12.4 Å². The maximum Gasteiger partial charge on any atom is 0.318 e. The lowest BCUT2D eigenvalue weighted by atomic mass is 9.69. The highest BCUT2D eigenvalue weighted by Crippen LogP contribution is 2.50. The fraction of sp³-hybridized carbons (Fsp3) is 0.607. The average Bonchev–Trinajstić information content (AvgIpc) is 3.46. The number of nitriles is 1. The van der Waals surface area contributed by atoms with Crippen LogP contribution in [-0.2, 0) is 24.7 Å². The topological polar surface area (TPSA) is 77.3 Å². The Morgan fingerprint density at radius 2 is 2.08 bits per heavy atom. The molecule has 2 saturated heterocycles. The van der Waals surface area contributed by atoms with E-state index < -0.39 is 0 Å². The second kappa shape index (κ2) is 9.81. The van der Waals surface area contributed by atoms with E-state index in [1.165, 1.54) is 23.1 Å². The highest BCUT2D eigenvalue weighted by atomic mass is 35.5. The molecular weight excluding hydrogens is 472 g/mol. The molecule has 36 heavy (non-hydrogen) atoms. The van der Waals surface area contributed by atoms with Gasteiger partial charge in [-0.15, -0.1) is 0 Å². The summed E-state index contributed by atoms with van der Waals surface area (Å²) >= 11 is 6.59. The van der Waals surface area contributed by atoms with Crippen molar-refractivity contribution in [3.8, 4) is 12.1 Å².